The number of thiophene rings is 1. The summed E-state index contributed by atoms with van der Waals surface area (Å²) in [7, 11) is 0. The van der Waals surface area contributed by atoms with Gasteiger partial charge in [-0.2, -0.15) is 0 Å². The van der Waals surface area contributed by atoms with Gasteiger partial charge in [-0.05, 0) is 44.1 Å². The van der Waals surface area contributed by atoms with Crippen molar-refractivity contribution in [2.75, 3.05) is 0 Å². The lowest BCUT2D eigenvalue weighted by molar-refractivity contribution is 0.672. The number of nitrogens with one attached hydrogen (secondary N) is 1. The van der Waals surface area contributed by atoms with Gasteiger partial charge in [-0.3, -0.25) is 5.41 Å². The molecule has 0 amide bonds. The van der Waals surface area contributed by atoms with Gasteiger partial charge in [-0.15, -0.1) is 11.3 Å². The molecule has 1 saturated carbocycles. The maximum atomic E-state index is 8.40. The molecule has 0 unspecified atom stereocenters. The highest BCUT2D eigenvalue weighted by molar-refractivity contribution is 7.18. The first-order chi connectivity index (χ1) is 8.34. The van der Waals surface area contributed by atoms with Crippen LogP contribution in [0.25, 0.3) is 10.2 Å². The second kappa shape index (κ2) is 3.42. The minimum absolute atomic E-state index is 0.554. The van der Waals surface area contributed by atoms with Gasteiger partial charge in [0.2, 0.25) is 0 Å². The van der Waals surface area contributed by atoms with Crippen molar-refractivity contribution in [2.45, 2.75) is 44.6 Å². The fraction of sp³-hybridized carbons (Fsp3) is 0.538. The van der Waals surface area contributed by atoms with Gasteiger partial charge in [0.15, 0.2) is 0 Å². The van der Waals surface area contributed by atoms with Crippen LogP contribution < -0.4 is 5.49 Å². The quantitative estimate of drug-likeness (QED) is 0.824. The number of fused-ring (bicyclic) bond motifs is 3. The van der Waals surface area contributed by atoms with E-state index in [1.54, 1.807) is 0 Å². The van der Waals surface area contributed by atoms with E-state index in [0.717, 1.165) is 16.6 Å². The van der Waals surface area contributed by atoms with E-state index in [2.05, 4.69) is 9.55 Å². The summed E-state index contributed by atoms with van der Waals surface area (Å²) in [6.45, 7) is 0. The number of hydrogen-bond donors (Lipinski definition) is 1. The Morgan fingerprint density at radius 1 is 1.29 bits per heavy atom. The molecule has 0 saturated heterocycles. The van der Waals surface area contributed by atoms with Crippen LogP contribution in [0.3, 0.4) is 0 Å². The number of hydrogen-bond acceptors (Lipinski definition) is 3. The van der Waals surface area contributed by atoms with Crippen LogP contribution in [-0.2, 0) is 12.8 Å². The summed E-state index contributed by atoms with van der Waals surface area (Å²) in [4.78, 5) is 7.14. The monoisotopic (exact) mass is 245 g/mol. The zero-order chi connectivity index (χ0) is 11.4. The predicted octanol–water partition coefficient (Wildman–Crippen LogP) is 2.79. The fourth-order valence-corrected chi connectivity index (χ4v) is 4.05. The molecule has 3 nitrogen and oxygen atoms in total. The third-order valence-corrected chi connectivity index (χ3v) is 5.09. The highest BCUT2D eigenvalue weighted by atomic mass is 32.1. The lowest BCUT2D eigenvalue weighted by Gasteiger charge is -2.11. The van der Waals surface area contributed by atoms with Crippen LogP contribution in [-0.4, -0.2) is 9.55 Å². The molecule has 0 aliphatic heterocycles. The molecule has 1 fully saturated rings. The zero-order valence-electron chi connectivity index (χ0n) is 9.70. The molecular formula is C13H15N3S. The average Bonchev–Trinajstić information content (AvgIpc) is 3.10. The molecule has 88 valence electrons. The molecule has 2 aliphatic carbocycles. The first-order valence-corrected chi connectivity index (χ1v) is 7.22. The van der Waals surface area contributed by atoms with Gasteiger partial charge in [0.25, 0.3) is 0 Å². The molecule has 2 aromatic rings. The van der Waals surface area contributed by atoms with E-state index in [1.807, 2.05) is 17.7 Å². The molecule has 17 heavy (non-hydrogen) atoms. The van der Waals surface area contributed by atoms with Gasteiger partial charge in [-0.25, -0.2) is 4.98 Å². The Morgan fingerprint density at radius 3 is 2.94 bits per heavy atom. The van der Waals surface area contributed by atoms with Gasteiger partial charge < -0.3 is 4.57 Å². The van der Waals surface area contributed by atoms with Crippen LogP contribution >= 0.6 is 11.3 Å². The highest BCUT2D eigenvalue weighted by Crippen LogP contribution is 2.36. The van der Waals surface area contributed by atoms with Crippen LogP contribution in [0.5, 0.6) is 0 Å². The largest absolute Gasteiger partial charge is 0.314 e. The van der Waals surface area contributed by atoms with Crippen LogP contribution in [0.1, 0.15) is 42.2 Å². The summed E-state index contributed by atoms with van der Waals surface area (Å²) >= 11 is 1.81. The van der Waals surface area contributed by atoms with E-state index in [1.165, 1.54) is 42.5 Å². The summed E-state index contributed by atoms with van der Waals surface area (Å²) < 4.78 is 2.07. The fourth-order valence-electron chi connectivity index (χ4n) is 2.82. The van der Waals surface area contributed by atoms with E-state index < -0.39 is 0 Å². The molecule has 1 N–H and O–H groups in total. The van der Waals surface area contributed by atoms with Crippen molar-refractivity contribution >= 4 is 21.6 Å². The van der Waals surface area contributed by atoms with Crippen LogP contribution in [0.2, 0.25) is 0 Å². The lowest BCUT2D eigenvalue weighted by Crippen LogP contribution is -2.20. The van der Waals surface area contributed by atoms with Crippen LogP contribution in [0.15, 0.2) is 6.33 Å². The minimum Gasteiger partial charge on any atom is -0.314 e. The predicted molar refractivity (Wildman–Crippen MR) is 68.4 cm³/mol. The Balaban J connectivity index is 2.04. The van der Waals surface area contributed by atoms with Gasteiger partial charge in [0.1, 0.15) is 10.3 Å². The topological polar surface area (TPSA) is 41.7 Å². The van der Waals surface area contributed by atoms with E-state index >= 15 is 0 Å². The molecule has 0 atom stereocenters. The minimum atomic E-state index is 0.554. The Bertz CT molecular complexity index is 648. The number of rotatable bonds is 1. The van der Waals surface area contributed by atoms with Gasteiger partial charge in [0.05, 0.1) is 11.7 Å². The number of nitrogens with zero attached hydrogens (tertiary/aromatic N) is 2. The Morgan fingerprint density at radius 2 is 2.12 bits per heavy atom. The Kier molecular flexibility index (Phi) is 1.98. The highest BCUT2D eigenvalue weighted by Gasteiger charge is 2.26. The Hall–Kier alpha value is -1.16. The second-order valence-corrected chi connectivity index (χ2v) is 6.21. The Labute approximate surface area is 104 Å². The van der Waals surface area contributed by atoms with Crippen molar-refractivity contribution in [1.82, 2.24) is 9.55 Å². The molecule has 4 heteroatoms. The van der Waals surface area contributed by atoms with Crippen LogP contribution in [0.4, 0.5) is 0 Å². The van der Waals surface area contributed by atoms with Crippen molar-refractivity contribution in [3.8, 4) is 0 Å². The van der Waals surface area contributed by atoms with Crippen LogP contribution in [0, 0.1) is 5.41 Å². The van der Waals surface area contributed by atoms with E-state index in [9.17, 15) is 0 Å². The molecule has 4 rings (SSSR count). The first-order valence-electron chi connectivity index (χ1n) is 6.40. The summed E-state index contributed by atoms with van der Waals surface area (Å²) in [5.41, 5.74) is 2.14. The summed E-state index contributed by atoms with van der Waals surface area (Å²) in [6, 6.07) is 0.554. The third-order valence-electron chi connectivity index (χ3n) is 3.89. The second-order valence-electron chi connectivity index (χ2n) is 5.12. The summed E-state index contributed by atoms with van der Waals surface area (Å²) in [6.07, 6.45) is 9.24. The normalized spacial score (nSPS) is 19.5. The molecule has 2 heterocycles. The number of aryl methyl sites for hydroxylation is 2. The molecule has 2 aliphatic rings. The molecule has 0 aromatic carbocycles. The lowest BCUT2D eigenvalue weighted by atomic mass is 9.97. The van der Waals surface area contributed by atoms with Crippen molar-refractivity contribution in [3.05, 3.63) is 22.3 Å². The zero-order valence-corrected chi connectivity index (χ0v) is 10.5. The molecule has 0 spiro atoms. The first kappa shape index (κ1) is 9.83. The maximum Gasteiger partial charge on any atom is 0.136 e. The summed E-state index contributed by atoms with van der Waals surface area (Å²) in [5.74, 6) is 0. The van der Waals surface area contributed by atoms with Crippen molar-refractivity contribution in [1.29, 1.82) is 5.41 Å². The maximum absolute atomic E-state index is 8.40. The van der Waals surface area contributed by atoms with Crippen molar-refractivity contribution < 1.29 is 0 Å². The van der Waals surface area contributed by atoms with Gasteiger partial charge in [-0.1, -0.05) is 0 Å². The van der Waals surface area contributed by atoms with E-state index in [-0.39, 0.29) is 0 Å². The van der Waals surface area contributed by atoms with Gasteiger partial charge in [0, 0.05) is 10.9 Å². The van der Waals surface area contributed by atoms with Crippen molar-refractivity contribution in [3.63, 3.8) is 0 Å². The summed E-state index contributed by atoms with van der Waals surface area (Å²) in [5, 5.41) is 9.55. The smallest absolute Gasteiger partial charge is 0.136 e. The SMILES string of the molecule is N=c1c2c3c(sc2ncn1C1CC1)CCCC3. The molecule has 0 radical (unpaired) electrons. The third kappa shape index (κ3) is 1.40. The van der Waals surface area contributed by atoms with Gasteiger partial charge >= 0.3 is 0 Å². The molecular weight excluding hydrogens is 230 g/mol. The average molecular weight is 245 g/mol. The number of aromatic nitrogens is 2. The molecule has 2 aromatic heterocycles. The van der Waals surface area contributed by atoms with E-state index in [4.69, 9.17) is 5.41 Å². The van der Waals surface area contributed by atoms with E-state index in [0.29, 0.717) is 11.5 Å². The molecule has 0 bridgehead atoms. The van der Waals surface area contributed by atoms with Crippen molar-refractivity contribution in [2.24, 2.45) is 0 Å². The standard InChI is InChI=1S/C13H15N3S/c14-12-11-9-3-1-2-4-10(9)17-13(11)15-7-16(12)8-5-6-8/h7-8,14H,1-6H2.